The smallest absolute Gasteiger partial charge is 0.410 e. The summed E-state index contributed by atoms with van der Waals surface area (Å²) in [6.45, 7) is 24.1. The minimum Gasteiger partial charge on any atom is -0.491 e. The van der Waals surface area contributed by atoms with Crippen LogP contribution in [0.2, 0.25) is 23.2 Å². The van der Waals surface area contributed by atoms with Gasteiger partial charge in [-0.2, -0.15) is 0 Å². The fourth-order valence-electron chi connectivity index (χ4n) is 5.74. The van der Waals surface area contributed by atoms with E-state index >= 15 is 0 Å². The number of ether oxygens (including phenoxy) is 2. The predicted octanol–water partition coefficient (Wildman–Crippen LogP) is 8.93. The first kappa shape index (κ1) is 38.2. The Morgan fingerprint density at radius 3 is 2.43 bits per heavy atom. The largest absolute Gasteiger partial charge is 0.491 e. The molecule has 1 amide bonds. The summed E-state index contributed by atoms with van der Waals surface area (Å²) in [5.41, 5.74) is 5.39. The highest BCUT2D eigenvalue weighted by Crippen LogP contribution is 2.40. The van der Waals surface area contributed by atoms with Gasteiger partial charge in [0, 0.05) is 30.9 Å². The van der Waals surface area contributed by atoms with E-state index in [0.717, 1.165) is 39.6 Å². The van der Waals surface area contributed by atoms with Gasteiger partial charge in [-0.3, -0.25) is 4.98 Å². The topological polar surface area (TPSA) is 116 Å². The van der Waals surface area contributed by atoms with Gasteiger partial charge in [0.05, 0.1) is 46.9 Å². The third-order valence-electron chi connectivity index (χ3n) is 9.44. The summed E-state index contributed by atoms with van der Waals surface area (Å²) in [6.07, 6.45) is 0.985. The average molecular weight is 735 g/mol. The molecule has 0 radical (unpaired) electrons. The second kappa shape index (κ2) is 14.6. The highest BCUT2D eigenvalue weighted by molar-refractivity contribution is 6.74. The molecule has 11 nitrogen and oxygen atoms in total. The molecule has 0 aliphatic carbocycles. The number of carbonyl (C=O) groups is 1. The quantitative estimate of drug-likeness (QED) is 0.146. The van der Waals surface area contributed by atoms with Gasteiger partial charge in [-0.05, 0) is 89.5 Å². The lowest BCUT2D eigenvalue weighted by Crippen LogP contribution is -2.49. The SMILES string of the molecule is Cc1noc(C)c1-c1nc(-c2cc(OC[C@@H](CN(C)C(=O)OC(C)(C)C)O[Si](C)(C)C(C)(C)C)ccc2Cl)nc(N2Cc3cccnc3C2)c1C. The Morgan fingerprint density at radius 1 is 1.08 bits per heavy atom. The number of rotatable bonds is 10. The van der Waals surface area contributed by atoms with Crippen LogP contribution in [0.25, 0.3) is 22.6 Å². The molecular formula is C38H51ClN6O5Si. The van der Waals surface area contributed by atoms with E-state index in [1.54, 1.807) is 18.0 Å². The van der Waals surface area contributed by atoms with Gasteiger partial charge in [0.2, 0.25) is 0 Å². The molecule has 4 aromatic rings. The molecule has 274 valence electrons. The van der Waals surface area contributed by atoms with Crippen LogP contribution < -0.4 is 9.64 Å². The first-order valence-corrected chi connectivity index (χ1v) is 20.6. The summed E-state index contributed by atoms with van der Waals surface area (Å²) >= 11 is 6.88. The third-order valence-corrected chi connectivity index (χ3v) is 14.3. The van der Waals surface area contributed by atoms with E-state index < -0.39 is 26.1 Å². The van der Waals surface area contributed by atoms with E-state index in [-0.39, 0.29) is 11.6 Å². The number of hydrogen-bond acceptors (Lipinski definition) is 10. The number of anilines is 1. The van der Waals surface area contributed by atoms with E-state index in [2.05, 4.69) is 55.0 Å². The summed E-state index contributed by atoms with van der Waals surface area (Å²) < 4.78 is 24.4. The van der Waals surface area contributed by atoms with Crippen molar-refractivity contribution in [2.75, 3.05) is 25.1 Å². The van der Waals surface area contributed by atoms with Crippen LogP contribution in [0.4, 0.5) is 10.6 Å². The molecule has 0 saturated carbocycles. The molecular weight excluding hydrogens is 684 g/mol. The molecule has 0 spiro atoms. The van der Waals surface area contributed by atoms with Crippen molar-refractivity contribution in [3.63, 3.8) is 0 Å². The number of amides is 1. The Bertz CT molecular complexity index is 1860. The highest BCUT2D eigenvalue weighted by atomic mass is 35.5. The molecule has 0 bridgehead atoms. The molecule has 1 aromatic carbocycles. The van der Waals surface area contributed by atoms with Crippen LogP contribution in [0.1, 0.15) is 69.8 Å². The van der Waals surface area contributed by atoms with Crippen molar-refractivity contribution >= 4 is 31.8 Å². The number of likely N-dealkylation sites (N-methyl/N-ethyl adjacent to an activating group) is 1. The van der Waals surface area contributed by atoms with Crippen LogP contribution in [0.5, 0.6) is 5.75 Å². The van der Waals surface area contributed by atoms with Gasteiger partial charge in [0.25, 0.3) is 0 Å². The zero-order chi connectivity index (χ0) is 37.5. The zero-order valence-electron chi connectivity index (χ0n) is 32.0. The minimum atomic E-state index is -2.24. The maximum absolute atomic E-state index is 12.9. The first-order chi connectivity index (χ1) is 23.7. The van der Waals surface area contributed by atoms with Crippen molar-refractivity contribution in [1.29, 1.82) is 0 Å². The summed E-state index contributed by atoms with van der Waals surface area (Å²) in [7, 11) is -0.523. The second-order valence-electron chi connectivity index (χ2n) is 15.8. The van der Waals surface area contributed by atoms with Gasteiger partial charge in [0.1, 0.15) is 29.5 Å². The Kier molecular flexibility index (Phi) is 10.9. The van der Waals surface area contributed by atoms with Gasteiger partial charge in [-0.25, -0.2) is 14.8 Å². The third kappa shape index (κ3) is 8.73. The molecule has 0 N–H and O–H groups in total. The van der Waals surface area contributed by atoms with Crippen molar-refractivity contribution in [3.8, 4) is 28.4 Å². The summed E-state index contributed by atoms with van der Waals surface area (Å²) in [5, 5.41) is 4.64. The van der Waals surface area contributed by atoms with E-state index in [9.17, 15) is 4.79 Å². The van der Waals surface area contributed by atoms with Crippen LogP contribution in [0, 0.1) is 20.8 Å². The Morgan fingerprint density at radius 2 is 1.80 bits per heavy atom. The molecule has 0 fully saturated rings. The van der Waals surface area contributed by atoms with Crippen molar-refractivity contribution in [1.82, 2.24) is 25.0 Å². The first-order valence-electron chi connectivity index (χ1n) is 17.3. The average Bonchev–Trinajstić information content (AvgIpc) is 3.61. The molecule has 0 saturated heterocycles. The maximum Gasteiger partial charge on any atom is 0.410 e. The van der Waals surface area contributed by atoms with Crippen molar-refractivity contribution in [2.45, 2.75) is 105 Å². The standard InChI is InChI=1S/C38H51ClN6O5Si/c1-23-33(32-24(2)43-49-25(32)3)41-34(42-35(23)45-19-26-14-13-17-40-31(26)21-45)29-18-27(15-16-30(29)39)47-22-28(50-51(11,12)38(7,8)9)20-44(10)36(46)48-37(4,5)6/h13-18,28H,19-22H2,1-12H3/t28-/m1/s1. The number of hydrogen-bond donors (Lipinski definition) is 0. The van der Waals surface area contributed by atoms with Gasteiger partial charge >= 0.3 is 6.09 Å². The van der Waals surface area contributed by atoms with Crippen molar-refractivity contribution in [3.05, 3.63) is 69.8 Å². The van der Waals surface area contributed by atoms with Gasteiger partial charge in [-0.15, -0.1) is 0 Å². The lowest BCUT2D eigenvalue weighted by Gasteiger charge is -2.40. The lowest BCUT2D eigenvalue weighted by molar-refractivity contribution is 0.0172. The number of aromatic nitrogens is 4. The highest BCUT2D eigenvalue weighted by Gasteiger charge is 2.40. The van der Waals surface area contributed by atoms with Crippen LogP contribution >= 0.6 is 11.6 Å². The fourth-order valence-corrected chi connectivity index (χ4v) is 7.27. The molecule has 51 heavy (non-hydrogen) atoms. The van der Waals surface area contributed by atoms with Crippen LogP contribution in [0.15, 0.2) is 41.1 Å². The number of carbonyl (C=O) groups excluding carboxylic acids is 1. The van der Waals surface area contributed by atoms with Crippen LogP contribution in [0.3, 0.4) is 0 Å². The molecule has 1 atom stereocenters. The van der Waals surface area contributed by atoms with Crippen molar-refractivity contribution in [2.24, 2.45) is 0 Å². The number of pyridine rings is 1. The van der Waals surface area contributed by atoms with Crippen molar-refractivity contribution < 1.29 is 23.2 Å². The summed E-state index contributed by atoms with van der Waals surface area (Å²) in [5.74, 6) is 2.47. The van der Waals surface area contributed by atoms with E-state index in [4.69, 9.17) is 40.0 Å². The summed E-state index contributed by atoms with van der Waals surface area (Å²) in [4.78, 5) is 31.5. The zero-order valence-corrected chi connectivity index (χ0v) is 33.7. The minimum absolute atomic E-state index is 0.0463. The van der Waals surface area contributed by atoms with E-state index in [1.807, 2.05) is 65.9 Å². The monoisotopic (exact) mass is 734 g/mol. The number of nitrogens with zero attached hydrogens (tertiary/aromatic N) is 6. The van der Waals surface area contributed by atoms with Gasteiger partial charge < -0.3 is 28.2 Å². The molecule has 5 rings (SSSR count). The number of halogens is 1. The lowest BCUT2D eigenvalue weighted by atomic mass is 10.0. The molecule has 1 aliphatic rings. The van der Waals surface area contributed by atoms with Crippen LogP contribution in [-0.4, -0.2) is 71.3 Å². The van der Waals surface area contributed by atoms with Crippen LogP contribution in [-0.2, 0) is 22.3 Å². The number of aryl methyl sites for hydroxylation is 2. The molecule has 3 aromatic heterocycles. The Labute approximate surface area is 307 Å². The molecule has 13 heteroatoms. The second-order valence-corrected chi connectivity index (χ2v) is 21.0. The normalized spacial score (nSPS) is 14.0. The molecule has 4 heterocycles. The van der Waals surface area contributed by atoms with E-state index in [1.165, 1.54) is 0 Å². The fraction of sp³-hybridized carbons (Fsp3) is 0.500. The van der Waals surface area contributed by atoms with Gasteiger partial charge in [-0.1, -0.05) is 43.6 Å². The Balaban J connectivity index is 1.49. The molecule has 0 unspecified atom stereocenters. The number of fused-ring (bicyclic) bond motifs is 1. The van der Waals surface area contributed by atoms with Gasteiger partial charge in [0.15, 0.2) is 14.1 Å². The van der Waals surface area contributed by atoms with E-state index in [0.29, 0.717) is 47.6 Å². The molecule has 1 aliphatic heterocycles. The maximum atomic E-state index is 12.9. The Hall–Kier alpha value is -4.00. The number of benzene rings is 1. The predicted molar refractivity (Wildman–Crippen MR) is 203 cm³/mol. The summed E-state index contributed by atoms with van der Waals surface area (Å²) in [6, 6.07) is 9.52.